The summed E-state index contributed by atoms with van der Waals surface area (Å²) in [4.78, 5) is 0. The third-order valence-electron chi connectivity index (χ3n) is 3.15. The normalized spacial score (nSPS) is 17.7. The highest BCUT2D eigenvalue weighted by Gasteiger charge is 2.30. The molecular weight excluding hydrogens is 204 g/mol. The average molecular weight is 223 g/mol. The zero-order valence-corrected chi connectivity index (χ0v) is 10.1. The minimum atomic E-state index is 0.255. The predicted molar refractivity (Wildman–Crippen MR) is 66.4 cm³/mol. The SMILES string of the molecule is CCCCc1ccc(C(Cl)C2CC2)cc1. The van der Waals surface area contributed by atoms with Crippen molar-refractivity contribution in [2.75, 3.05) is 0 Å². The molecule has 0 heterocycles. The van der Waals surface area contributed by atoms with Crippen molar-refractivity contribution in [3.8, 4) is 0 Å². The van der Waals surface area contributed by atoms with Crippen LogP contribution in [0.25, 0.3) is 0 Å². The van der Waals surface area contributed by atoms with E-state index in [1.165, 1.54) is 43.2 Å². The van der Waals surface area contributed by atoms with Gasteiger partial charge in [0.1, 0.15) is 0 Å². The van der Waals surface area contributed by atoms with Gasteiger partial charge in [0.2, 0.25) is 0 Å². The van der Waals surface area contributed by atoms with Crippen LogP contribution in [0.5, 0.6) is 0 Å². The Morgan fingerprint density at radius 2 is 1.93 bits per heavy atom. The van der Waals surface area contributed by atoms with Gasteiger partial charge in [-0.2, -0.15) is 0 Å². The Kier molecular flexibility index (Phi) is 3.69. The number of unbranched alkanes of at least 4 members (excludes halogenated alkanes) is 1. The Bertz CT molecular complexity index is 298. The summed E-state index contributed by atoms with van der Waals surface area (Å²) in [6.45, 7) is 2.23. The highest BCUT2D eigenvalue weighted by atomic mass is 35.5. The first-order valence-electron chi connectivity index (χ1n) is 6.04. The van der Waals surface area contributed by atoms with Gasteiger partial charge in [-0.1, -0.05) is 37.6 Å². The van der Waals surface area contributed by atoms with Crippen LogP contribution >= 0.6 is 11.6 Å². The summed E-state index contributed by atoms with van der Waals surface area (Å²) in [6, 6.07) is 8.90. The second kappa shape index (κ2) is 5.03. The van der Waals surface area contributed by atoms with E-state index in [0.29, 0.717) is 0 Å². The number of benzene rings is 1. The van der Waals surface area contributed by atoms with Gasteiger partial charge in [-0.15, -0.1) is 11.6 Å². The van der Waals surface area contributed by atoms with Crippen molar-refractivity contribution in [2.24, 2.45) is 5.92 Å². The highest BCUT2D eigenvalue weighted by molar-refractivity contribution is 6.21. The van der Waals surface area contributed by atoms with Crippen molar-refractivity contribution in [1.82, 2.24) is 0 Å². The molecule has 0 nitrogen and oxygen atoms in total. The molecular formula is C14H19Cl. The zero-order valence-electron chi connectivity index (χ0n) is 9.38. The van der Waals surface area contributed by atoms with E-state index >= 15 is 0 Å². The zero-order chi connectivity index (χ0) is 10.7. The molecule has 1 unspecified atom stereocenters. The lowest BCUT2D eigenvalue weighted by Gasteiger charge is -2.09. The van der Waals surface area contributed by atoms with E-state index < -0.39 is 0 Å². The summed E-state index contributed by atoms with van der Waals surface area (Å²) < 4.78 is 0. The Morgan fingerprint density at radius 3 is 2.47 bits per heavy atom. The van der Waals surface area contributed by atoms with Gasteiger partial charge in [-0.05, 0) is 42.7 Å². The van der Waals surface area contributed by atoms with Gasteiger partial charge in [0.05, 0.1) is 5.38 Å². The molecule has 0 aliphatic heterocycles. The summed E-state index contributed by atoms with van der Waals surface area (Å²) >= 11 is 6.36. The van der Waals surface area contributed by atoms with E-state index in [1.54, 1.807) is 0 Å². The second-order valence-corrected chi connectivity index (χ2v) is 5.05. The van der Waals surface area contributed by atoms with Gasteiger partial charge in [0.15, 0.2) is 0 Å². The molecule has 0 N–H and O–H groups in total. The average Bonchev–Trinajstić information content (AvgIpc) is 3.10. The minimum absolute atomic E-state index is 0.255. The molecule has 1 aliphatic rings. The van der Waals surface area contributed by atoms with E-state index in [4.69, 9.17) is 11.6 Å². The fraction of sp³-hybridized carbons (Fsp3) is 0.571. The number of halogens is 1. The molecule has 1 aromatic rings. The molecule has 1 aromatic carbocycles. The van der Waals surface area contributed by atoms with Gasteiger partial charge in [-0.3, -0.25) is 0 Å². The van der Waals surface area contributed by atoms with Crippen LogP contribution in [0, 0.1) is 5.92 Å². The van der Waals surface area contributed by atoms with Crippen molar-refractivity contribution in [2.45, 2.75) is 44.4 Å². The Morgan fingerprint density at radius 1 is 1.27 bits per heavy atom. The van der Waals surface area contributed by atoms with Crippen molar-refractivity contribution >= 4 is 11.6 Å². The quantitative estimate of drug-likeness (QED) is 0.633. The Hall–Kier alpha value is -0.490. The number of hydrogen-bond donors (Lipinski definition) is 0. The topological polar surface area (TPSA) is 0 Å². The molecule has 1 atom stereocenters. The second-order valence-electron chi connectivity index (χ2n) is 4.58. The number of rotatable bonds is 5. The van der Waals surface area contributed by atoms with Gasteiger partial charge in [0, 0.05) is 0 Å². The van der Waals surface area contributed by atoms with Crippen molar-refractivity contribution < 1.29 is 0 Å². The van der Waals surface area contributed by atoms with Crippen molar-refractivity contribution in [3.05, 3.63) is 35.4 Å². The van der Waals surface area contributed by atoms with Gasteiger partial charge < -0.3 is 0 Å². The van der Waals surface area contributed by atoms with Crippen LogP contribution < -0.4 is 0 Å². The van der Waals surface area contributed by atoms with Crippen molar-refractivity contribution in [1.29, 1.82) is 0 Å². The molecule has 0 amide bonds. The molecule has 1 aliphatic carbocycles. The van der Waals surface area contributed by atoms with Crippen LogP contribution in [-0.2, 0) is 6.42 Å². The maximum atomic E-state index is 6.36. The van der Waals surface area contributed by atoms with Crippen LogP contribution in [0.3, 0.4) is 0 Å². The minimum Gasteiger partial charge on any atom is -0.118 e. The Balaban J connectivity index is 1.96. The lowest BCUT2D eigenvalue weighted by atomic mass is 10.0. The third kappa shape index (κ3) is 2.98. The molecule has 82 valence electrons. The molecule has 0 bridgehead atoms. The fourth-order valence-corrected chi connectivity index (χ4v) is 2.31. The van der Waals surface area contributed by atoms with Gasteiger partial charge in [-0.25, -0.2) is 0 Å². The molecule has 2 rings (SSSR count). The first-order chi connectivity index (χ1) is 7.31. The van der Waals surface area contributed by atoms with Crippen LogP contribution in [0.2, 0.25) is 0 Å². The summed E-state index contributed by atoms with van der Waals surface area (Å²) in [7, 11) is 0. The summed E-state index contributed by atoms with van der Waals surface area (Å²) in [5, 5.41) is 0.255. The first-order valence-corrected chi connectivity index (χ1v) is 6.48. The molecule has 15 heavy (non-hydrogen) atoms. The highest BCUT2D eigenvalue weighted by Crippen LogP contribution is 2.44. The van der Waals surface area contributed by atoms with Crippen LogP contribution in [0.4, 0.5) is 0 Å². The summed E-state index contributed by atoms with van der Waals surface area (Å²) in [6.07, 6.45) is 6.37. The molecule has 0 spiro atoms. The van der Waals surface area contributed by atoms with E-state index in [0.717, 1.165) is 5.92 Å². The maximum Gasteiger partial charge on any atom is 0.0613 e. The van der Waals surface area contributed by atoms with Crippen LogP contribution in [-0.4, -0.2) is 0 Å². The summed E-state index contributed by atoms with van der Waals surface area (Å²) in [5.41, 5.74) is 2.75. The smallest absolute Gasteiger partial charge is 0.0613 e. The summed E-state index contributed by atoms with van der Waals surface area (Å²) in [5.74, 6) is 0.744. The molecule has 0 aromatic heterocycles. The largest absolute Gasteiger partial charge is 0.118 e. The molecule has 1 fully saturated rings. The Labute approximate surface area is 97.6 Å². The lowest BCUT2D eigenvalue weighted by Crippen LogP contribution is -1.93. The van der Waals surface area contributed by atoms with Crippen LogP contribution in [0.1, 0.15) is 49.1 Å². The lowest BCUT2D eigenvalue weighted by molar-refractivity contribution is 0.785. The molecule has 0 radical (unpaired) electrons. The standard InChI is InChI=1S/C14H19Cl/c1-2-3-4-11-5-7-12(8-6-11)14(15)13-9-10-13/h5-8,13-14H,2-4,9-10H2,1H3. The molecule has 0 saturated heterocycles. The third-order valence-corrected chi connectivity index (χ3v) is 3.76. The monoisotopic (exact) mass is 222 g/mol. The van der Waals surface area contributed by atoms with Gasteiger partial charge >= 0.3 is 0 Å². The van der Waals surface area contributed by atoms with Crippen LogP contribution in [0.15, 0.2) is 24.3 Å². The molecule has 1 heteroatoms. The molecule has 1 saturated carbocycles. The predicted octanol–water partition coefficient (Wildman–Crippen LogP) is 4.72. The number of alkyl halides is 1. The number of hydrogen-bond acceptors (Lipinski definition) is 0. The van der Waals surface area contributed by atoms with E-state index in [9.17, 15) is 0 Å². The van der Waals surface area contributed by atoms with Crippen molar-refractivity contribution in [3.63, 3.8) is 0 Å². The maximum absolute atomic E-state index is 6.36. The van der Waals surface area contributed by atoms with E-state index in [1.807, 2.05) is 0 Å². The number of aryl methyl sites for hydroxylation is 1. The first kappa shape index (κ1) is 11.0. The van der Waals surface area contributed by atoms with E-state index in [2.05, 4.69) is 31.2 Å². The van der Waals surface area contributed by atoms with E-state index in [-0.39, 0.29) is 5.38 Å². The fourth-order valence-electron chi connectivity index (χ4n) is 1.91. The van der Waals surface area contributed by atoms with Gasteiger partial charge in [0.25, 0.3) is 0 Å².